The summed E-state index contributed by atoms with van der Waals surface area (Å²) in [5.74, 6) is -0.166. The number of amides is 1. The van der Waals surface area contributed by atoms with Crippen molar-refractivity contribution in [2.45, 2.75) is 32.7 Å². The van der Waals surface area contributed by atoms with Crippen LogP contribution in [0.1, 0.15) is 36.7 Å². The molecule has 1 fully saturated rings. The number of ether oxygens (including phenoxy) is 1. The molecule has 1 saturated heterocycles. The van der Waals surface area contributed by atoms with E-state index in [1.807, 2.05) is 4.90 Å². The second-order valence-corrected chi connectivity index (χ2v) is 4.73. The first-order valence-electron chi connectivity index (χ1n) is 6.89. The number of aryl methyl sites for hydroxylation is 1. The largest absolute Gasteiger partial charge is 0.461 e. The molecule has 0 unspecified atom stereocenters. The third-order valence-corrected chi connectivity index (χ3v) is 3.37. The molecule has 1 amide bonds. The Morgan fingerprint density at radius 2 is 2.10 bits per heavy atom. The Labute approximate surface area is 117 Å². The zero-order valence-electron chi connectivity index (χ0n) is 11.7. The van der Waals surface area contributed by atoms with Crippen molar-refractivity contribution in [3.05, 3.63) is 12.0 Å². The SMILES string of the molecule is CCOC(=O)c1ncn(CCC(=O)N2CCCC2)c1N. The van der Waals surface area contributed by atoms with Gasteiger partial charge in [-0.05, 0) is 19.8 Å². The summed E-state index contributed by atoms with van der Waals surface area (Å²) in [5, 5.41) is 0. The van der Waals surface area contributed by atoms with Crippen molar-refractivity contribution in [3.63, 3.8) is 0 Å². The molecule has 2 rings (SSSR count). The summed E-state index contributed by atoms with van der Waals surface area (Å²) in [5.41, 5.74) is 5.96. The zero-order chi connectivity index (χ0) is 14.5. The summed E-state index contributed by atoms with van der Waals surface area (Å²) in [6, 6.07) is 0. The molecule has 1 aliphatic rings. The van der Waals surface area contributed by atoms with Crippen molar-refractivity contribution < 1.29 is 14.3 Å². The van der Waals surface area contributed by atoms with Gasteiger partial charge in [-0.3, -0.25) is 4.79 Å². The van der Waals surface area contributed by atoms with Crippen LogP contribution in [-0.4, -0.2) is 46.0 Å². The minimum Gasteiger partial charge on any atom is -0.461 e. The first-order valence-corrected chi connectivity index (χ1v) is 6.89. The van der Waals surface area contributed by atoms with Crippen molar-refractivity contribution in [3.8, 4) is 0 Å². The zero-order valence-corrected chi connectivity index (χ0v) is 11.7. The van der Waals surface area contributed by atoms with Gasteiger partial charge >= 0.3 is 5.97 Å². The van der Waals surface area contributed by atoms with Crippen LogP contribution in [0.15, 0.2) is 6.33 Å². The number of nitrogens with two attached hydrogens (primary N) is 1. The molecule has 0 aromatic carbocycles. The fourth-order valence-corrected chi connectivity index (χ4v) is 2.27. The van der Waals surface area contributed by atoms with Gasteiger partial charge in [-0.25, -0.2) is 9.78 Å². The van der Waals surface area contributed by atoms with Gasteiger partial charge in [0, 0.05) is 26.1 Å². The standard InChI is InChI=1S/C13H20N4O3/c1-2-20-13(19)11-12(14)17(9-15-11)8-5-10(18)16-6-3-4-7-16/h9H,2-8,14H2,1H3. The first-order chi connectivity index (χ1) is 9.63. The molecular formula is C13H20N4O3. The predicted molar refractivity (Wildman–Crippen MR) is 73.0 cm³/mol. The number of anilines is 1. The number of imidazole rings is 1. The Balaban J connectivity index is 1.93. The van der Waals surface area contributed by atoms with E-state index in [1.165, 1.54) is 6.33 Å². The molecule has 110 valence electrons. The van der Waals surface area contributed by atoms with Gasteiger partial charge in [0.25, 0.3) is 0 Å². The second kappa shape index (κ2) is 6.40. The van der Waals surface area contributed by atoms with E-state index in [4.69, 9.17) is 10.5 Å². The van der Waals surface area contributed by atoms with Crippen molar-refractivity contribution in [2.24, 2.45) is 0 Å². The number of esters is 1. The molecule has 7 nitrogen and oxygen atoms in total. The molecule has 0 radical (unpaired) electrons. The topological polar surface area (TPSA) is 90.4 Å². The number of carbonyl (C=O) groups is 2. The third-order valence-electron chi connectivity index (χ3n) is 3.37. The Kier molecular flexibility index (Phi) is 4.60. The molecule has 1 aromatic rings. The maximum absolute atomic E-state index is 11.9. The molecule has 2 heterocycles. The molecule has 20 heavy (non-hydrogen) atoms. The molecule has 1 aliphatic heterocycles. The van der Waals surface area contributed by atoms with E-state index in [1.54, 1.807) is 11.5 Å². The Bertz CT molecular complexity index is 492. The average Bonchev–Trinajstić information content (AvgIpc) is 3.06. The van der Waals surface area contributed by atoms with E-state index in [0.717, 1.165) is 25.9 Å². The van der Waals surface area contributed by atoms with Gasteiger partial charge in [0.15, 0.2) is 5.69 Å². The maximum atomic E-state index is 11.9. The minimum absolute atomic E-state index is 0.112. The maximum Gasteiger partial charge on any atom is 0.360 e. The average molecular weight is 280 g/mol. The van der Waals surface area contributed by atoms with Crippen LogP contribution >= 0.6 is 0 Å². The highest BCUT2D eigenvalue weighted by Gasteiger charge is 2.20. The number of carbonyl (C=O) groups excluding carboxylic acids is 2. The summed E-state index contributed by atoms with van der Waals surface area (Å²) in [7, 11) is 0. The molecule has 0 saturated carbocycles. The van der Waals surface area contributed by atoms with Gasteiger partial charge in [-0.2, -0.15) is 0 Å². The molecule has 7 heteroatoms. The third kappa shape index (κ3) is 3.09. The second-order valence-electron chi connectivity index (χ2n) is 4.73. The molecule has 0 atom stereocenters. The Morgan fingerprint density at radius 1 is 1.40 bits per heavy atom. The van der Waals surface area contributed by atoms with Gasteiger partial charge in [0.05, 0.1) is 12.9 Å². The number of rotatable bonds is 5. The quantitative estimate of drug-likeness (QED) is 0.800. The van der Waals surface area contributed by atoms with Crippen molar-refractivity contribution in [1.29, 1.82) is 0 Å². The van der Waals surface area contributed by atoms with E-state index in [0.29, 0.717) is 13.0 Å². The van der Waals surface area contributed by atoms with E-state index in [9.17, 15) is 9.59 Å². The van der Waals surface area contributed by atoms with Crippen LogP contribution in [0.3, 0.4) is 0 Å². The predicted octanol–water partition coefficient (Wildman–Crippen LogP) is 0.654. The molecule has 0 bridgehead atoms. The number of hydrogen-bond donors (Lipinski definition) is 1. The summed E-state index contributed by atoms with van der Waals surface area (Å²) in [4.78, 5) is 29.3. The van der Waals surface area contributed by atoms with Gasteiger partial charge in [-0.15, -0.1) is 0 Å². The monoisotopic (exact) mass is 280 g/mol. The van der Waals surface area contributed by atoms with Crippen molar-refractivity contribution in [1.82, 2.24) is 14.5 Å². The van der Waals surface area contributed by atoms with Crippen LogP contribution < -0.4 is 5.73 Å². The van der Waals surface area contributed by atoms with E-state index < -0.39 is 5.97 Å². The number of nitrogens with zero attached hydrogens (tertiary/aromatic N) is 3. The molecule has 2 N–H and O–H groups in total. The molecule has 1 aromatic heterocycles. The number of likely N-dealkylation sites (tertiary alicyclic amines) is 1. The summed E-state index contributed by atoms with van der Waals surface area (Å²) in [6.07, 6.45) is 3.99. The van der Waals surface area contributed by atoms with E-state index in [2.05, 4.69) is 4.98 Å². The normalized spacial score (nSPS) is 14.6. The lowest BCUT2D eigenvalue weighted by Gasteiger charge is -2.15. The smallest absolute Gasteiger partial charge is 0.360 e. The summed E-state index contributed by atoms with van der Waals surface area (Å²) < 4.78 is 6.47. The first kappa shape index (κ1) is 14.4. The van der Waals surface area contributed by atoms with Gasteiger partial charge in [0.1, 0.15) is 5.82 Å². The van der Waals surface area contributed by atoms with Gasteiger partial charge < -0.3 is 19.9 Å². The lowest BCUT2D eigenvalue weighted by Crippen LogP contribution is -2.28. The van der Waals surface area contributed by atoms with Crippen LogP contribution in [0.4, 0.5) is 5.82 Å². The van der Waals surface area contributed by atoms with Crippen LogP contribution in [0.5, 0.6) is 0 Å². The lowest BCUT2D eigenvalue weighted by atomic mass is 10.3. The van der Waals surface area contributed by atoms with E-state index in [-0.39, 0.29) is 24.0 Å². The Hall–Kier alpha value is -2.05. The lowest BCUT2D eigenvalue weighted by molar-refractivity contribution is -0.130. The van der Waals surface area contributed by atoms with Crippen LogP contribution in [0, 0.1) is 0 Å². The number of hydrogen-bond acceptors (Lipinski definition) is 5. The fraction of sp³-hybridized carbons (Fsp3) is 0.615. The highest BCUT2D eigenvalue weighted by Crippen LogP contribution is 2.14. The van der Waals surface area contributed by atoms with E-state index >= 15 is 0 Å². The summed E-state index contributed by atoms with van der Waals surface area (Å²) >= 11 is 0. The molecular weight excluding hydrogens is 260 g/mol. The number of aromatic nitrogens is 2. The highest BCUT2D eigenvalue weighted by atomic mass is 16.5. The highest BCUT2D eigenvalue weighted by molar-refractivity contribution is 5.92. The van der Waals surface area contributed by atoms with Crippen molar-refractivity contribution in [2.75, 3.05) is 25.4 Å². The molecule has 0 spiro atoms. The Morgan fingerprint density at radius 3 is 2.75 bits per heavy atom. The van der Waals surface area contributed by atoms with Crippen LogP contribution in [0.25, 0.3) is 0 Å². The number of nitrogen functional groups attached to an aromatic ring is 1. The fourth-order valence-electron chi connectivity index (χ4n) is 2.27. The van der Waals surface area contributed by atoms with Crippen LogP contribution in [-0.2, 0) is 16.1 Å². The van der Waals surface area contributed by atoms with Crippen LogP contribution in [0.2, 0.25) is 0 Å². The molecule has 0 aliphatic carbocycles. The minimum atomic E-state index is -0.533. The van der Waals surface area contributed by atoms with Gasteiger partial charge in [0.2, 0.25) is 5.91 Å². The van der Waals surface area contributed by atoms with Gasteiger partial charge in [-0.1, -0.05) is 0 Å². The van der Waals surface area contributed by atoms with Crippen molar-refractivity contribution >= 4 is 17.7 Å². The summed E-state index contributed by atoms with van der Waals surface area (Å²) in [6.45, 7) is 4.10.